The number of carbonyl (C=O) groups is 1. The number of hydrogen-bond acceptors (Lipinski definition) is 2. The van der Waals surface area contributed by atoms with Crippen molar-refractivity contribution < 1.29 is 9.53 Å². The topological polar surface area (TPSA) is 26.3 Å². The van der Waals surface area contributed by atoms with E-state index in [0.717, 1.165) is 24.2 Å². The van der Waals surface area contributed by atoms with E-state index in [2.05, 4.69) is 6.07 Å². The molecule has 2 aromatic carbocycles. The summed E-state index contributed by atoms with van der Waals surface area (Å²) in [5, 5.41) is 0. The Morgan fingerprint density at radius 2 is 1.79 bits per heavy atom. The molecule has 0 saturated carbocycles. The van der Waals surface area contributed by atoms with Crippen LogP contribution in [0.4, 0.5) is 0 Å². The lowest BCUT2D eigenvalue weighted by atomic mass is 10.1. The normalized spacial score (nSPS) is 11.6. The second-order valence-electron chi connectivity index (χ2n) is 4.30. The highest BCUT2D eigenvalue weighted by Crippen LogP contribution is 2.27. The lowest BCUT2D eigenvalue weighted by Gasteiger charge is -2.18. The van der Waals surface area contributed by atoms with Crippen molar-refractivity contribution in [3.63, 3.8) is 0 Å². The summed E-state index contributed by atoms with van der Waals surface area (Å²) in [6, 6.07) is 16.1. The molecule has 2 heteroatoms. The minimum atomic E-state index is 0.778. The quantitative estimate of drug-likeness (QED) is 0.600. The fourth-order valence-electron chi connectivity index (χ4n) is 1.67. The van der Waals surface area contributed by atoms with Gasteiger partial charge in [-0.3, -0.25) is 4.79 Å². The molecule has 19 heavy (non-hydrogen) atoms. The zero-order chi connectivity index (χ0) is 13.5. The van der Waals surface area contributed by atoms with Crippen LogP contribution in [-0.2, 0) is 11.4 Å². The third-order valence-electron chi connectivity index (χ3n) is 2.80. The first kappa shape index (κ1) is 13.1. The van der Waals surface area contributed by atoms with Crippen LogP contribution in [0, 0.1) is 6.92 Å². The predicted octanol–water partition coefficient (Wildman–Crippen LogP) is 3.79. The number of aldehydes is 1. The van der Waals surface area contributed by atoms with Gasteiger partial charge >= 0.3 is 0 Å². The summed E-state index contributed by atoms with van der Waals surface area (Å²) >= 11 is 0. The Hall–Kier alpha value is -2.35. The summed E-state index contributed by atoms with van der Waals surface area (Å²) in [6.07, 6.45) is 4.05. The summed E-state index contributed by atoms with van der Waals surface area (Å²) in [5.41, 5.74) is 3.61. The van der Waals surface area contributed by atoms with Crippen molar-refractivity contribution >= 4 is 12.4 Å². The molecule has 0 radical (unpaired) electrons. The van der Waals surface area contributed by atoms with E-state index in [-0.39, 0.29) is 0 Å². The predicted molar refractivity (Wildman–Crippen MR) is 77.1 cm³/mol. The number of ether oxygens (including phenoxy) is 1. The maximum absolute atomic E-state index is 9.96. The maximum atomic E-state index is 9.96. The van der Waals surface area contributed by atoms with Crippen molar-refractivity contribution in [2.45, 2.75) is 13.5 Å². The average Bonchev–Trinajstić information content (AvgIpc) is 2.41. The van der Waals surface area contributed by atoms with Gasteiger partial charge in [0, 0.05) is 5.56 Å². The number of allylic oxidation sites excluding steroid dienone is 1. The summed E-state index contributed by atoms with van der Waals surface area (Å²) in [6.45, 7) is 2.84. The van der Waals surface area contributed by atoms with Gasteiger partial charge in [-0.1, -0.05) is 54.1 Å². The van der Waals surface area contributed by atoms with Crippen LogP contribution in [0.25, 0.3) is 6.08 Å². The van der Waals surface area contributed by atoms with Crippen LogP contribution >= 0.6 is 0 Å². The van der Waals surface area contributed by atoms with Gasteiger partial charge in [0.25, 0.3) is 0 Å². The highest BCUT2D eigenvalue weighted by Gasteiger charge is 2.10. The van der Waals surface area contributed by atoms with E-state index in [1.165, 1.54) is 17.2 Å². The lowest BCUT2D eigenvalue weighted by molar-refractivity contribution is -0.104. The van der Waals surface area contributed by atoms with Crippen LogP contribution in [0.1, 0.15) is 16.7 Å². The number of carbonyl (C=O) groups excluding carboxylic acids is 1. The molecule has 0 bridgehead atoms. The third kappa shape index (κ3) is 3.81. The van der Waals surface area contributed by atoms with E-state index in [0.29, 0.717) is 0 Å². The smallest absolute Gasteiger partial charge is 0.142 e. The number of fused-ring (bicyclic) bond motifs is 1. The molecule has 0 aliphatic carbocycles. The van der Waals surface area contributed by atoms with E-state index in [4.69, 9.17) is 4.74 Å². The Morgan fingerprint density at radius 1 is 1.05 bits per heavy atom. The Labute approximate surface area is 113 Å². The molecule has 0 atom stereocenters. The molecule has 0 aromatic heterocycles. The molecule has 0 unspecified atom stereocenters. The minimum Gasteiger partial charge on any atom is -0.488 e. The highest BCUT2D eigenvalue weighted by molar-refractivity contribution is 5.73. The molecule has 0 saturated heterocycles. The SMILES string of the molecule is Cc1ccc(C=CC=O)cc1.c1ccc2c(c1)CO2. The largest absolute Gasteiger partial charge is 0.488 e. The molecular formula is C17H16O2. The van der Waals surface area contributed by atoms with Gasteiger partial charge in [0.2, 0.25) is 0 Å². The molecule has 0 spiro atoms. The molecule has 96 valence electrons. The Morgan fingerprint density at radius 3 is 2.26 bits per heavy atom. The van der Waals surface area contributed by atoms with E-state index in [9.17, 15) is 4.79 Å². The van der Waals surface area contributed by atoms with Crippen LogP contribution in [0.5, 0.6) is 5.75 Å². The van der Waals surface area contributed by atoms with Crippen LogP contribution in [0.2, 0.25) is 0 Å². The van der Waals surface area contributed by atoms with Crippen LogP contribution in [0.15, 0.2) is 54.6 Å². The number of para-hydroxylation sites is 1. The first-order chi connectivity index (χ1) is 9.29. The summed E-state index contributed by atoms with van der Waals surface area (Å²) in [4.78, 5) is 9.96. The van der Waals surface area contributed by atoms with E-state index in [1.807, 2.05) is 49.4 Å². The molecule has 1 aliphatic rings. The fourth-order valence-corrected chi connectivity index (χ4v) is 1.67. The molecule has 1 heterocycles. The van der Waals surface area contributed by atoms with Gasteiger partial charge in [0.1, 0.15) is 18.6 Å². The van der Waals surface area contributed by atoms with Gasteiger partial charge in [-0.25, -0.2) is 0 Å². The molecule has 0 N–H and O–H groups in total. The number of aryl methyl sites for hydroxylation is 1. The number of benzene rings is 2. The minimum absolute atomic E-state index is 0.778. The lowest BCUT2D eigenvalue weighted by Crippen LogP contribution is -2.07. The molecule has 2 aromatic rings. The standard InChI is InChI=1S/C10H10O.C7H6O/c1-9-4-6-10(7-5-9)3-2-8-11;1-2-4-7-6(3-1)5-8-7/h2-8H,1H3;1-4H,5H2. The molecule has 3 rings (SSSR count). The van der Waals surface area contributed by atoms with Gasteiger partial charge in [-0.2, -0.15) is 0 Å². The molecule has 1 aliphatic heterocycles. The second kappa shape index (κ2) is 6.55. The van der Waals surface area contributed by atoms with Gasteiger partial charge in [-0.15, -0.1) is 0 Å². The molecule has 0 fully saturated rings. The number of hydrogen-bond donors (Lipinski definition) is 0. The zero-order valence-electron chi connectivity index (χ0n) is 10.9. The Bertz CT molecular complexity index is 545. The zero-order valence-corrected chi connectivity index (χ0v) is 10.9. The molecule has 2 nitrogen and oxygen atoms in total. The van der Waals surface area contributed by atoms with E-state index in [1.54, 1.807) is 6.08 Å². The first-order valence-corrected chi connectivity index (χ1v) is 6.19. The van der Waals surface area contributed by atoms with Gasteiger partial charge in [0.15, 0.2) is 0 Å². The van der Waals surface area contributed by atoms with Gasteiger partial charge < -0.3 is 4.74 Å². The second-order valence-corrected chi connectivity index (χ2v) is 4.30. The summed E-state index contributed by atoms with van der Waals surface area (Å²) in [7, 11) is 0. The van der Waals surface area contributed by atoms with Crippen LogP contribution < -0.4 is 4.74 Å². The Balaban J connectivity index is 0.000000146. The monoisotopic (exact) mass is 252 g/mol. The van der Waals surface area contributed by atoms with Gasteiger partial charge in [-0.05, 0) is 24.6 Å². The molecule has 0 amide bonds. The van der Waals surface area contributed by atoms with Crippen molar-refractivity contribution in [2.24, 2.45) is 0 Å². The van der Waals surface area contributed by atoms with Crippen LogP contribution in [0.3, 0.4) is 0 Å². The maximum Gasteiger partial charge on any atom is 0.142 e. The van der Waals surface area contributed by atoms with E-state index >= 15 is 0 Å². The summed E-state index contributed by atoms with van der Waals surface area (Å²) in [5.74, 6) is 1.05. The van der Waals surface area contributed by atoms with Crippen molar-refractivity contribution in [2.75, 3.05) is 0 Å². The first-order valence-electron chi connectivity index (χ1n) is 6.19. The highest BCUT2D eigenvalue weighted by atomic mass is 16.5. The Kier molecular flexibility index (Phi) is 4.51. The number of rotatable bonds is 2. The van der Waals surface area contributed by atoms with Crippen molar-refractivity contribution in [3.05, 3.63) is 71.3 Å². The fraction of sp³-hybridized carbons (Fsp3) is 0.118. The summed E-state index contributed by atoms with van der Waals surface area (Å²) < 4.78 is 5.08. The van der Waals surface area contributed by atoms with Crippen LogP contribution in [-0.4, -0.2) is 6.29 Å². The third-order valence-corrected chi connectivity index (χ3v) is 2.80. The van der Waals surface area contributed by atoms with Crippen molar-refractivity contribution in [3.8, 4) is 5.75 Å². The average molecular weight is 252 g/mol. The van der Waals surface area contributed by atoms with E-state index < -0.39 is 0 Å². The van der Waals surface area contributed by atoms with Gasteiger partial charge in [0.05, 0.1) is 0 Å². The van der Waals surface area contributed by atoms with Crippen molar-refractivity contribution in [1.29, 1.82) is 0 Å². The molecular weight excluding hydrogens is 236 g/mol. The van der Waals surface area contributed by atoms with Crippen molar-refractivity contribution in [1.82, 2.24) is 0 Å².